The van der Waals surface area contributed by atoms with Crippen molar-refractivity contribution >= 4 is 87.0 Å². The van der Waals surface area contributed by atoms with Crippen LogP contribution in [0.3, 0.4) is 0 Å². The first kappa shape index (κ1) is 109. The van der Waals surface area contributed by atoms with Crippen LogP contribution in [0.5, 0.6) is 23.4 Å². The van der Waals surface area contributed by atoms with Crippen LogP contribution in [-0.4, -0.2) is 216 Å². The quantitative estimate of drug-likeness (QED) is 0.0194. The molecular weight excluding hydrogens is 1960 g/mol. The van der Waals surface area contributed by atoms with Gasteiger partial charge in [-0.25, -0.2) is 53.0 Å². The fraction of sp³-hybridized carbons (Fsp3) is 0.413. The van der Waals surface area contributed by atoms with Crippen molar-refractivity contribution in [3.63, 3.8) is 0 Å². The first-order valence-corrected chi connectivity index (χ1v) is 55.1. The maximum atomic E-state index is 13.3. The summed E-state index contributed by atoms with van der Waals surface area (Å²) in [6.07, 6.45) is 18.4. The van der Waals surface area contributed by atoms with E-state index in [-0.39, 0.29) is 50.3 Å². The number of pyridine rings is 3. The second-order valence-electron chi connectivity index (χ2n) is 38.3. The van der Waals surface area contributed by atoms with E-state index in [0.29, 0.717) is 65.8 Å². The Morgan fingerprint density at radius 3 is 1.10 bits per heavy atom. The Balaban J connectivity index is 0.000000155. The molecule has 8 N–H and O–H groups in total. The minimum atomic E-state index is -4.23. The van der Waals surface area contributed by atoms with E-state index in [1.807, 2.05) is 186 Å². The Labute approximate surface area is 860 Å². The Kier molecular flexibility index (Phi) is 34.9. The number of rotatable bonds is 32. The van der Waals surface area contributed by atoms with Gasteiger partial charge in [0.25, 0.3) is 40.1 Å². The molecule has 2 unspecified atom stereocenters. The van der Waals surface area contributed by atoms with Crippen molar-refractivity contribution in [2.45, 2.75) is 222 Å². The number of benzene rings is 5. The largest absolute Gasteiger partial charge is 0.497 e. The molecule has 147 heavy (non-hydrogen) atoms. The number of carbonyl (C=O) groups excluding carboxylic acids is 4. The summed E-state index contributed by atoms with van der Waals surface area (Å²) in [7, 11) is 2.93. The van der Waals surface area contributed by atoms with Crippen LogP contribution in [0.2, 0.25) is 0 Å². The number of methoxy groups -OCH3 is 4. The highest BCUT2D eigenvalue weighted by atomic mass is 32.2. The lowest BCUT2D eigenvalue weighted by Crippen LogP contribution is -2.35. The Bertz CT molecular complexity index is 7140. The molecule has 0 radical (unpaired) electrons. The second-order valence-corrected chi connectivity index (χ2v) is 44.9. The average molecular weight is 2090 g/mol. The van der Waals surface area contributed by atoms with Crippen molar-refractivity contribution in [1.82, 2.24) is 92.6 Å². The Hall–Kier alpha value is -13.7. The summed E-state index contributed by atoms with van der Waals surface area (Å²) < 4.78 is 142. The third-order valence-corrected chi connectivity index (χ3v) is 31.1. The monoisotopic (exact) mass is 2090 g/mol. The number of carbonyl (C=O) groups is 4. The van der Waals surface area contributed by atoms with Crippen LogP contribution >= 0.6 is 0 Å². The van der Waals surface area contributed by atoms with E-state index < -0.39 is 64.2 Å². The van der Waals surface area contributed by atoms with Crippen LogP contribution in [0.15, 0.2) is 172 Å². The lowest BCUT2D eigenvalue weighted by molar-refractivity contribution is 0.255. The molecule has 4 aliphatic carbocycles. The third-order valence-electron chi connectivity index (χ3n) is 26.3. The fourth-order valence-corrected chi connectivity index (χ4v) is 23.0. The molecule has 39 nitrogen and oxygen atoms in total. The van der Waals surface area contributed by atoms with E-state index >= 15 is 0 Å². The van der Waals surface area contributed by atoms with Gasteiger partial charge in [0, 0.05) is 121 Å². The average Bonchev–Trinajstić information content (AvgIpc) is 1.69. The highest BCUT2D eigenvalue weighted by Crippen LogP contribution is 2.45. The van der Waals surface area contributed by atoms with Gasteiger partial charge < -0.3 is 54.9 Å². The summed E-state index contributed by atoms with van der Waals surface area (Å²) in [6.45, 7) is 18.1. The minimum Gasteiger partial charge on any atom is -0.497 e. The van der Waals surface area contributed by atoms with Crippen molar-refractivity contribution in [3.8, 4) is 67.9 Å². The van der Waals surface area contributed by atoms with Crippen LogP contribution < -0.4 is 59.1 Å². The molecular formula is C104H133N23O16S4. The number of sulfonamides is 4. The van der Waals surface area contributed by atoms with Crippen LogP contribution in [0.4, 0.5) is 41.9 Å². The maximum Gasteiger partial charge on any atom is 0.333 e. The molecule has 43 heteroatoms. The molecule has 5 aromatic carbocycles. The zero-order valence-corrected chi connectivity index (χ0v) is 89.9. The van der Waals surface area contributed by atoms with Crippen LogP contribution in [0.25, 0.3) is 44.5 Å². The number of nitrogens with one attached hydrogen (secondary N) is 8. The molecule has 1 aliphatic heterocycles. The number of likely N-dealkylation sites (tertiary alicyclic amines) is 1. The molecule has 1 fully saturated rings. The van der Waals surface area contributed by atoms with Gasteiger partial charge in [-0.05, 0) is 298 Å². The molecule has 7 aromatic heterocycles. The standard InChI is InChI=1S/C27H34N6O4S.C27H36N6O4S.C25H32N6O4S.C25H31N5O4S/c1-17(2)33-23(22-9-6-14-32(22)3)16-25(30-33)38(35,36)31-27(34)29-26-20-8-5-7-18(20)10-11-21(26)19-12-13-28-24(15-19)37-4;1-7-22(32(4)5)23-16-25(30-33(23)17(2)3)38(35,36)31-27(34)29-26-20-10-8-9-18(20)11-12-21(26)19-13-14-28-24(15-19)37-6;1-16(2)31-19(15-30(3)4)14-23(28-31)36(33,34)29-25(32)27-24-20-8-6-7-17(20)9-10-21(24)18-11-12-26-22(13-18)35-5;1-5-30-19(16-29(2)3)15-23(27-30)35(32,33)28-25(31)26-24-21-11-7-8-17(21)12-13-22(24)18-9-6-10-20(14-18)34-4/h10-13,15-17,22H,5-9,14H2,1-4H3,(H2,29,31,34);11-17,22H,7-10H2,1-6H3,(H2,29,31,34);9-14,16H,6-8,15H2,1-5H3,(H2,27,29,32);6,9-10,12-15H,5,7-8,11,16H2,1-4H3,(H2,26,28,31). The fourth-order valence-electron chi connectivity index (χ4n) is 19.5. The van der Waals surface area contributed by atoms with Gasteiger partial charge >= 0.3 is 24.1 Å². The zero-order chi connectivity index (χ0) is 106. The number of hydrogen-bond donors (Lipinski definition) is 8. The van der Waals surface area contributed by atoms with E-state index in [1.54, 1.807) is 89.0 Å². The van der Waals surface area contributed by atoms with Gasteiger partial charge in [-0.1, -0.05) is 67.6 Å². The van der Waals surface area contributed by atoms with E-state index in [1.165, 1.54) is 19.2 Å². The number of anilines is 4. The van der Waals surface area contributed by atoms with Gasteiger partial charge in [-0.3, -0.25) is 23.6 Å². The summed E-state index contributed by atoms with van der Waals surface area (Å²) in [6, 6.07) is 37.2. The summed E-state index contributed by atoms with van der Waals surface area (Å²) in [5.74, 6) is 2.03. The molecule has 2 atom stereocenters. The number of hydrogen-bond acceptors (Lipinski definition) is 27. The zero-order valence-electron chi connectivity index (χ0n) is 86.6. The van der Waals surface area contributed by atoms with Gasteiger partial charge in [-0.2, -0.15) is 54.1 Å². The summed E-state index contributed by atoms with van der Waals surface area (Å²) >= 11 is 0. The highest BCUT2D eigenvalue weighted by molar-refractivity contribution is 7.90. The first-order chi connectivity index (χ1) is 70.0. The van der Waals surface area contributed by atoms with Crippen molar-refractivity contribution in [3.05, 3.63) is 219 Å². The molecule has 5 aliphatic rings. The first-order valence-electron chi connectivity index (χ1n) is 49.1. The highest BCUT2D eigenvalue weighted by Gasteiger charge is 2.36. The Morgan fingerprint density at radius 2 is 0.755 bits per heavy atom. The van der Waals surface area contributed by atoms with Crippen LogP contribution in [0, 0.1) is 0 Å². The maximum absolute atomic E-state index is 13.3. The van der Waals surface area contributed by atoms with Crippen LogP contribution in [-0.2, 0) is 111 Å². The van der Waals surface area contributed by atoms with Gasteiger partial charge in [0.05, 0.1) is 86.0 Å². The predicted octanol–water partition coefficient (Wildman–Crippen LogP) is 16.1. The predicted molar refractivity (Wildman–Crippen MR) is 564 cm³/mol. The topological polar surface area (TPSA) is 461 Å². The van der Waals surface area contributed by atoms with Gasteiger partial charge in [0.15, 0.2) is 20.1 Å². The normalized spacial score (nSPS) is 14.5. The number of ether oxygens (including phenoxy) is 4. The Morgan fingerprint density at radius 1 is 0.401 bits per heavy atom. The number of amides is 8. The lowest BCUT2D eigenvalue weighted by atomic mass is 9.97. The minimum absolute atomic E-state index is 0.0190. The number of fused-ring (bicyclic) bond motifs is 4. The SMILES string of the molecule is CCC(c1cc(S(=O)(=O)NC(=O)Nc2c(-c3ccnc(OC)c3)ccc3c2CCC3)nn1C(C)C)N(C)C.CCn1nc(S(=O)(=O)NC(=O)Nc2c(-c3cccc(OC)c3)ccc3c2CCC3)cc1CN(C)C.COc1cc(-c2ccc3c(c2NC(=O)NS(=O)(=O)c2cc(C4CCCN4C)n(C(C)C)n2)CCC3)ccn1.COc1cc(-c2ccc3c(c2NC(=O)NS(=O)(=O)c2cc(CN(C)C)n(C(C)C)n2)CCC3)ccn1. The molecule has 8 amide bonds. The summed E-state index contributed by atoms with van der Waals surface area (Å²) in [5, 5.41) is 27.9. The van der Waals surface area contributed by atoms with Gasteiger partial charge in [0.2, 0.25) is 17.6 Å². The van der Waals surface area contributed by atoms with Crippen molar-refractivity contribution in [2.75, 3.05) is 106 Å². The molecule has 0 saturated carbocycles. The van der Waals surface area contributed by atoms with E-state index in [2.05, 4.69) is 105 Å². The number of urea groups is 4. The van der Waals surface area contributed by atoms with E-state index in [4.69, 9.17) is 18.9 Å². The number of nitrogens with zero attached hydrogens (tertiary/aromatic N) is 15. The van der Waals surface area contributed by atoms with Crippen LogP contribution in [0.1, 0.15) is 198 Å². The number of aryl methyl sites for hydroxylation is 5. The molecule has 0 spiro atoms. The van der Waals surface area contributed by atoms with E-state index in [0.717, 1.165) is 215 Å². The van der Waals surface area contributed by atoms with Crippen molar-refractivity contribution in [1.29, 1.82) is 0 Å². The van der Waals surface area contributed by atoms with Crippen molar-refractivity contribution in [2.24, 2.45) is 0 Å². The molecule has 784 valence electrons. The summed E-state index contributed by atoms with van der Waals surface area (Å²) in [5.41, 5.74) is 20.6. The molecule has 8 heterocycles. The van der Waals surface area contributed by atoms with Crippen molar-refractivity contribution < 1.29 is 71.8 Å². The molecule has 0 bridgehead atoms. The second kappa shape index (κ2) is 47.0. The summed E-state index contributed by atoms with van der Waals surface area (Å²) in [4.78, 5) is 72.9. The van der Waals surface area contributed by atoms with Gasteiger partial charge in [0.1, 0.15) is 5.75 Å². The molecule has 1 saturated heterocycles. The lowest BCUT2D eigenvalue weighted by Gasteiger charge is -2.24. The smallest absolute Gasteiger partial charge is 0.333 e. The third kappa shape index (κ3) is 25.6. The van der Waals surface area contributed by atoms with Gasteiger partial charge in [-0.15, -0.1) is 0 Å². The number of aromatic nitrogens is 11. The molecule has 12 aromatic rings. The van der Waals surface area contributed by atoms with E-state index in [9.17, 15) is 52.8 Å². The molecule has 17 rings (SSSR count).